The van der Waals surface area contributed by atoms with Gasteiger partial charge in [-0.3, -0.25) is 20.3 Å². The Morgan fingerprint density at radius 1 is 1.03 bits per heavy atom. The van der Waals surface area contributed by atoms with E-state index in [9.17, 15) is 14.4 Å². The van der Waals surface area contributed by atoms with E-state index in [-0.39, 0.29) is 44.2 Å². The predicted molar refractivity (Wildman–Crippen MR) is 106 cm³/mol. The molecule has 1 aromatic carbocycles. The molecule has 0 heterocycles. The lowest BCUT2D eigenvalue weighted by molar-refractivity contribution is -0.147. The lowest BCUT2D eigenvalue weighted by Crippen LogP contribution is -2.44. The van der Waals surface area contributed by atoms with Crippen LogP contribution >= 0.6 is 0 Å². The van der Waals surface area contributed by atoms with Crippen molar-refractivity contribution < 1.29 is 28.6 Å². The van der Waals surface area contributed by atoms with Crippen molar-refractivity contribution in [3.8, 4) is 0 Å². The molecule has 0 radical (unpaired) electrons. The Hall–Kier alpha value is -3.10. The molecule has 0 unspecified atom stereocenters. The maximum Gasteiger partial charge on any atom is 0.413 e. The Bertz CT molecular complexity index is 678. The number of hydrogen-bond donors (Lipinski definition) is 2. The quantitative estimate of drug-likeness (QED) is 0.200. The van der Waals surface area contributed by atoms with Crippen molar-refractivity contribution in [3.63, 3.8) is 0 Å². The van der Waals surface area contributed by atoms with Crippen LogP contribution in [0.1, 0.15) is 32.3 Å². The fourth-order valence-electron chi connectivity index (χ4n) is 2.17. The van der Waals surface area contributed by atoms with Gasteiger partial charge in [-0.1, -0.05) is 30.3 Å². The van der Waals surface area contributed by atoms with E-state index in [0.29, 0.717) is 12.8 Å². The predicted octanol–water partition coefficient (Wildman–Crippen LogP) is 2.10. The molecule has 29 heavy (non-hydrogen) atoms. The lowest BCUT2D eigenvalue weighted by atomic mass is 10.2. The van der Waals surface area contributed by atoms with Gasteiger partial charge in [0, 0.05) is 7.05 Å². The molecule has 9 heteroatoms. The van der Waals surface area contributed by atoms with E-state index in [4.69, 9.17) is 19.6 Å². The van der Waals surface area contributed by atoms with Crippen LogP contribution in [0.15, 0.2) is 30.3 Å². The number of benzene rings is 1. The molecule has 160 valence electrons. The van der Waals surface area contributed by atoms with Gasteiger partial charge in [0.15, 0.2) is 0 Å². The number of rotatable bonds is 10. The highest BCUT2D eigenvalue weighted by Crippen LogP contribution is 2.02. The molecule has 0 saturated heterocycles. The van der Waals surface area contributed by atoms with Gasteiger partial charge in [0.25, 0.3) is 0 Å². The second kappa shape index (κ2) is 13.1. The van der Waals surface area contributed by atoms with Crippen LogP contribution in [0.2, 0.25) is 0 Å². The van der Waals surface area contributed by atoms with E-state index < -0.39 is 12.1 Å². The van der Waals surface area contributed by atoms with E-state index in [1.165, 1.54) is 11.9 Å². The number of amides is 1. The molecule has 0 aromatic heterocycles. The number of likely N-dealkylation sites (N-methyl/N-ethyl adjacent to an activating group) is 1. The van der Waals surface area contributed by atoms with Gasteiger partial charge in [-0.05, 0) is 32.3 Å². The van der Waals surface area contributed by atoms with Crippen molar-refractivity contribution in [2.75, 3.05) is 26.8 Å². The standard InChI is InChI=1S/C20H29N3O6/c1-15(2)29-18(25)14-23(3)19(21)22-20(26)28-12-8-7-11-27-17(24)13-16-9-5-4-6-10-16/h4-6,9-10,15H,7-8,11-14H2,1-3H3,(H2,21,22,26). The molecule has 0 bridgehead atoms. The van der Waals surface area contributed by atoms with Crippen LogP contribution in [0.5, 0.6) is 0 Å². The van der Waals surface area contributed by atoms with E-state index in [1.54, 1.807) is 13.8 Å². The molecule has 0 aliphatic carbocycles. The summed E-state index contributed by atoms with van der Waals surface area (Å²) in [4.78, 5) is 36.1. The third-order valence-electron chi connectivity index (χ3n) is 3.56. The first-order chi connectivity index (χ1) is 13.8. The van der Waals surface area contributed by atoms with E-state index in [2.05, 4.69) is 5.32 Å². The first-order valence-electron chi connectivity index (χ1n) is 9.40. The van der Waals surface area contributed by atoms with Crippen molar-refractivity contribution in [2.24, 2.45) is 0 Å². The van der Waals surface area contributed by atoms with Crippen LogP contribution in [-0.2, 0) is 30.2 Å². The number of nitrogens with one attached hydrogen (secondary N) is 2. The minimum Gasteiger partial charge on any atom is -0.465 e. The lowest BCUT2D eigenvalue weighted by Gasteiger charge is -2.19. The number of unbranched alkanes of at least 4 members (excludes halogenated alkanes) is 1. The number of esters is 2. The summed E-state index contributed by atoms with van der Waals surface area (Å²) in [5, 5.41) is 9.97. The summed E-state index contributed by atoms with van der Waals surface area (Å²) in [7, 11) is 1.48. The molecule has 0 aliphatic rings. The van der Waals surface area contributed by atoms with Crippen LogP contribution < -0.4 is 5.32 Å². The Balaban J connectivity index is 2.10. The van der Waals surface area contributed by atoms with Gasteiger partial charge in [0.05, 0.1) is 25.7 Å². The summed E-state index contributed by atoms with van der Waals surface area (Å²) in [5.41, 5.74) is 0.891. The van der Waals surface area contributed by atoms with Crippen molar-refractivity contribution >= 4 is 24.0 Å². The van der Waals surface area contributed by atoms with Crippen molar-refractivity contribution in [1.82, 2.24) is 10.2 Å². The van der Waals surface area contributed by atoms with Gasteiger partial charge in [0.1, 0.15) is 6.54 Å². The zero-order chi connectivity index (χ0) is 21.6. The highest BCUT2D eigenvalue weighted by Gasteiger charge is 2.15. The second-order valence-electron chi connectivity index (χ2n) is 6.59. The maximum absolute atomic E-state index is 11.7. The van der Waals surface area contributed by atoms with Gasteiger partial charge in [0.2, 0.25) is 5.96 Å². The summed E-state index contributed by atoms with van der Waals surface area (Å²) in [5.74, 6) is -1.07. The number of nitrogens with zero attached hydrogens (tertiary/aromatic N) is 1. The number of carbonyl (C=O) groups excluding carboxylic acids is 3. The molecule has 9 nitrogen and oxygen atoms in total. The molecular weight excluding hydrogens is 378 g/mol. The average molecular weight is 407 g/mol. The first kappa shape index (κ1) is 23.9. The summed E-state index contributed by atoms with van der Waals surface area (Å²) in [6, 6.07) is 9.32. The Labute approximate surface area is 170 Å². The normalized spacial score (nSPS) is 10.2. The van der Waals surface area contributed by atoms with Crippen LogP contribution in [0.4, 0.5) is 4.79 Å². The maximum atomic E-state index is 11.7. The molecule has 1 amide bonds. The van der Waals surface area contributed by atoms with Crippen molar-refractivity contribution in [1.29, 1.82) is 5.41 Å². The van der Waals surface area contributed by atoms with Gasteiger partial charge in [-0.15, -0.1) is 0 Å². The fraction of sp³-hybridized carbons (Fsp3) is 0.500. The van der Waals surface area contributed by atoms with Gasteiger partial charge >= 0.3 is 18.0 Å². The molecular formula is C20H29N3O6. The SMILES string of the molecule is CC(C)OC(=O)CN(C)C(=N)NC(=O)OCCCCOC(=O)Cc1ccccc1. The molecule has 0 atom stereocenters. The molecule has 1 aromatic rings. The Kier molecular flexibility index (Phi) is 10.8. The van der Waals surface area contributed by atoms with Crippen LogP contribution in [0.25, 0.3) is 0 Å². The van der Waals surface area contributed by atoms with Crippen LogP contribution in [-0.4, -0.2) is 61.8 Å². The largest absolute Gasteiger partial charge is 0.465 e. The highest BCUT2D eigenvalue weighted by atomic mass is 16.6. The fourth-order valence-corrected chi connectivity index (χ4v) is 2.17. The van der Waals surface area contributed by atoms with Crippen molar-refractivity contribution in [2.45, 2.75) is 39.2 Å². The highest BCUT2D eigenvalue weighted by molar-refractivity contribution is 5.93. The third-order valence-corrected chi connectivity index (χ3v) is 3.56. The first-order valence-corrected chi connectivity index (χ1v) is 9.40. The number of hydrogen-bond acceptors (Lipinski definition) is 7. The van der Waals surface area contributed by atoms with E-state index in [1.807, 2.05) is 30.3 Å². The summed E-state index contributed by atoms with van der Waals surface area (Å²) >= 11 is 0. The number of ether oxygens (including phenoxy) is 3. The van der Waals surface area contributed by atoms with Crippen LogP contribution in [0.3, 0.4) is 0 Å². The van der Waals surface area contributed by atoms with E-state index in [0.717, 1.165) is 5.56 Å². The number of carbonyl (C=O) groups is 3. The third kappa shape index (κ3) is 11.4. The second-order valence-corrected chi connectivity index (χ2v) is 6.59. The number of alkyl carbamates (subject to hydrolysis) is 1. The van der Waals surface area contributed by atoms with Gasteiger partial charge in [-0.25, -0.2) is 4.79 Å². The molecule has 0 saturated carbocycles. The van der Waals surface area contributed by atoms with E-state index >= 15 is 0 Å². The molecule has 2 N–H and O–H groups in total. The molecule has 0 aliphatic heterocycles. The molecule has 0 spiro atoms. The van der Waals surface area contributed by atoms with Gasteiger partial charge < -0.3 is 19.1 Å². The zero-order valence-electron chi connectivity index (χ0n) is 17.1. The minimum atomic E-state index is -0.792. The summed E-state index contributed by atoms with van der Waals surface area (Å²) in [6.07, 6.45) is 0.239. The average Bonchev–Trinajstić information content (AvgIpc) is 2.64. The van der Waals surface area contributed by atoms with Crippen molar-refractivity contribution in [3.05, 3.63) is 35.9 Å². The Morgan fingerprint density at radius 2 is 1.66 bits per heavy atom. The molecule has 0 fully saturated rings. The Morgan fingerprint density at radius 3 is 2.28 bits per heavy atom. The number of guanidine groups is 1. The summed E-state index contributed by atoms with van der Waals surface area (Å²) < 4.78 is 15.1. The smallest absolute Gasteiger partial charge is 0.413 e. The molecule has 1 rings (SSSR count). The monoisotopic (exact) mass is 407 g/mol. The van der Waals surface area contributed by atoms with Crippen LogP contribution in [0, 0.1) is 5.41 Å². The minimum absolute atomic E-state index is 0.119. The zero-order valence-corrected chi connectivity index (χ0v) is 17.1. The van der Waals surface area contributed by atoms with Gasteiger partial charge in [-0.2, -0.15) is 0 Å². The summed E-state index contributed by atoms with van der Waals surface area (Å²) in [6.45, 7) is 3.65. The topological polar surface area (TPSA) is 118 Å².